The van der Waals surface area contributed by atoms with Gasteiger partial charge in [-0.05, 0) is 6.92 Å². The molecule has 0 saturated carbocycles. The van der Waals surface area contributed by atoms with Crippen molar-refractivity contribution in [2.24, 2.45) is 5.14 Å². The fourth-order valence-corrected chi connectivity index (χ4v) is 2.17. The van der Waals surface area contributed by atoms with Crippen molar-refractivity contribution in [3.63, 3.8) is 0 Å². The topological polar surface area (TPSA) is 118 Å². The Morgan fingerprint density at radius 3 is 2.53 bits per heavy atom. The van der Waals surface area contributed by atoms with Crippen LogP contribution in [-0.2, 0) is 19.6 Å². The molecule has 1 aliphatic heterocycles. The number of carbonyl (C=O) groups is 2. The van der Waals surface area contributed by atoms with Crippen molar-refractivity contribution in [3.05, 3.63) is 0 Å². The number of carboxylic acids is 1. The second kappa shape index (κ2) is 3.78. The van der Waals surface area contributed by atoms with Crippen LogP contribution in [0.2, 0.25) is 0 Å². The molecule has 86 valence electrons. The molecule has 1 amide bonds. The summed E-state index contributed by atoms with van der Waals surface area (Å²) in [5, 5.41) is 12.6. The summed E-state index contributed by atoms with van der Waals surface area (Å²) in [4.78, 5) is 22.9. The van der Waals surface area contributed by atoms with Crippen LogP contribution in [0, 0.1) is 0 Å². The summed E-state index contributed by atoms with van der Waals surface area (Å²) >= 11 is 0. The Bertz CT molecular complexity index is 390. The molecule has 1 fully saturated rings. The van der Waals surface area contributed by atoms with Crippen LogP contribution in [-0.4, -0.2) is 48.1 Å². The molecule has 15 heavy (non-hydrogen) atoms. The van der Waals surface area contributed by atoms with Gasteiger partial charge in [0.1, 0.15) is 11.3 Å². The Balaban J connectivity index is 2.82. The number of aliphatic carboxylic acids is 1. The van der Waals surface area contributed by atoms with E-state index in [9.17, 15) is 18.0 Å². The number of primary sulfonamides is 1. The van der Waals surface area contributed by atoms with Gasteiger partial charge < -0.3 is 10.0 Å². The van der Waals surface area contributed by atoms with Crippen LogP contribution in [0.15, 0.2) is 0 Å². The molecule has 0 aromatic rings. The summed E-state index contributed by atoms with van der Waals surface area (Å²) in [5.74, 6) is -1.66. The molecule has 1 saturated heterocycles. The van der Waals surface area contributed by atoms with Crippen LogP contribution in [0.1, 0.15) is 13.3 Å². The lowest BCUT2D eigenvalue weighted by atomic mass is 10.3. The van der Waals surface area contributed by atoms with E-state index >= 15 is 0 Å². The monoisotopic (exact) mass is 236 g/mol. The van der Waals surface area contributed by atoms with E-state index in [0.717, 1.165) is 4.90 Å². The number of nitrogens with zero attached hydrogens (tertiary/aromatic N) is 1. The minimum Gasteiger partial charge on any atom is -0.480 e. The van der Waals surface area contributed by atoms with E-state index in [-0.39, 0.29) is 13.0 Å². The largest absolute Gasteiger partial charge is 0.480 e. The lowest BCUT2D eigenvalue weighted by Gasteiger charge is -2.20. The third-order valence-corrected chi connectivity index (χ3v) is 3.66. The molecular formula is C7H12N2O5S. The van der Waals surface area contributed by atoms with E-state index < -0.39 is 33.2 Å². The number of likely N-dealkylation sites (tertiary alicyclic amines) is 1. The third kappa shape index (κ3) is 2.45. The van der Waals surface area contributed by atoms with Gasteiger partial charge in [0.15, 0.2) is 0 Å². The van der Waals surface area contributed by atoms with Gasteiger partial charge in [-0.15, -0.1) is 0 Å². The van der Waals surface area contributed by atoms with Crippen molar-refractivity contribution in [1.29, 1.82) is 0 Å². The molecule has 0 aliphatic carbocycles. The van der Waals surface area contributed by atoms with E-state index in [0.29, 0.717) is 0 Å². The van der Waals surface area contributed by atoms with Crippen molar-refractivity contribution in [2.45, 2.75) is 24.6 Å². The highest BCUT2D eigenvalue weighted by molar-refractivity contribution is 7.89. The average Bonchev–Trinajstić information content (AvgIpc) is 2.45. The molecule has 0 aromatic heterocycles. The zero-order chi connectivity index (χ0) is 11.8. The van der Waals surface area contributed by atoms with Crippen LogP contribution < -0.4 is 5.14 Å². The zero-order valence-corrected chi connectivity index (χ0v) is 8.90. The summed E-state index contributed by atoms with van der Waals surface area (Å²) in [6, 6.07) is -1.02. The van der Waals surface area contributed by atoms with Crippen LogP contribution in [0.4, 0.5) is 0 Å². The first-order valence-electron chi connectivity index (χ1n) is 4.27. The first-order valence-corrected chi connectivity index (χ1v) is 5.88. The number of hydrogen-bond donors (Lipinski definition) is 2. The number of amides is 1. The lowest BCUT2D eigenvalue weighted by Crippen LogP contribution is -2.41. The Hall–Kier alpha value is -1.15. The molecule has 8 heteroatoms. The Morgan fingerprint density at radius 2 is 2.20 bits per heavy atom. The predicted molar refractivity (Wildman–Crippen MR) is 50.3 cm³/mol. The maximum absolute atomic E-state index is 11.3. The minimum absolute atomic E-state index is 0.148. The standard InChI is InChI=1S/C7H12N2O5S/c1-4(7(11)12)9-3-5(2-6(9)10)15(8,13)14/h4-5H,2-3H2,1H3,(H,11,12)(H2,8,13,14)/t4-,5?/m0/s1. The van der Waals surface area contributed by atoms with E-state index in [1.165, 1.54) is 6.92 Å². The molecule has 3 N–H and O–H groups in total. The smallest absolute Gasteiger partial charge is 0.326 e. The van der Waals surface area contributed by atoms with Crippen LogP contribution in [0.5, 0.6) is 0 Å². The van der Waals surface area contributed by atoms with Crippen molar-refractivity contribution in [3.8, 4) is 0 Å². The molecule has 1 unspecified atom stereocenters. The van der Waals surface area contributed by atoms with Crippen LogP contribution >= 0.6 is 0 Å². The van der Waals surface area contributed by atoms with Crippen molar-refractivity contribution < 1.29 is 23.1 Å². The van der Waals surface area contributed by atoms with Crippen molar-refractivity contribution >= 4 is 21.9 Å². The van der Waals surface area contributed by atoms with Crippen LogP contribution in [0.3, 0.4) is 0 Å². The number of sulfonamides is 1. The number of hydrogen-bond acceptors (Lipinski definition) is 4. The number of carbonyl (C=O) groups excluding carboxylic acids is 1. The van der Waals surface area contributed by atoms with Crippen LogP contribution in [0.25, 0.3) is 0 Å². The fourth-order valence-electron chi connectivity index (χ4n) is 1.43. The van der Waals surface area contributed by atoms with E-state index in [1.54, 1.807) is 0 Å². The molecule has 0 radical (unpaired) electrons. The lowest BCUT2D eigenvalue weighted by molar-refractivity contribution is -0.147. The van der Waals surface area contributed by atoms with Gasteiger partial charge in [0.2, 0.25) is 15.9 Å². The molecule has 0 aromatic carbocycles. The maximum atomic E-state index is 11.3. The first-order chi connectivity index (χ1) is 6.73. The van der Waals surface area contributed by atoms with Gasteiger partial charge >= 0.3 is 5.97 Å². The summed E-state index contributed by atoms with van der Waals surface area (Å²) in [6.45, 7) is 1.18. The van der Waals surface area contributed by atoms with Gasteiger partial charge in [-0.25, -0.2) is 18.4 Å². The SMILES string of the molecule is C[C@@H](C(=O)O)N1CC(S(N)(=O)=O)CC1=O. The highest BCUT2D eigenvalue weighted by Gasteiger charge is 2.40. The van der Waals surface area contributed by atoms with E-state index in [1.807, 2.05) is 0 Å². The van der Waals surface area contributed by atoms with E-state index in [2.05, 4.69) is 0 Å². The van der Waals surface area contributed by atoms with Gasteiger partial charge in [0.05, 0.1) is 0 Å². The molecule has 1 aliphatic rings. The predicted octanol–water partition coefficient (Wildman–Crippen LogP) is -1.65. The van der Waals surface area contributed by atoms with Gasteiger partial charge in [-0.1, -0.05) is 0 Å². The van der Waals surface area contributed by atoms with Gasteiger partial charge in [0, 0.05) is 13.0 Å². The average molecular weight is 236 g/mol. The number of rotatable bonds is 3. The Morgan fingerprint density at radius 1 is 1.67 bits per heavy atom. The van der Waals surface area contributed by atoms with Gasteiger partial charge in [0.25, 0.3) is 0 Å². The molecule has 7 nitrogen and oxygen atoms in total. The highest BCUT2D eigenvalue weighted by atomic mass is 32.2. The third-order valence-electron chi connectivity index (χ3n) is 2.41. The number of carboxylic acid groups (broad SMARTS) is 1. The van der Waals surface area contributed by atoms with Crippen molar-refractivity contribution in [1.82, 2.24) is 4.90 Å². The second-order valence-electron chi connectivity index (χ2n) is 3.48. The van der Waals surface area contributed by atoms with Gasteiger partial charge in [-0.2, -0.15) is 0 Å². The maximum Gasteiger partial charge on any atom is 0.326 e. The Kier molecular flexibility index (Phi) is 3.00. The summed E-state index contributed by atoms with van der Waals surface area (Å²) in [6.07, 6.45) is -0.240. The Labute approximate surface area is 86.9 Å². The molecule has 2 atom stereocenters. The minimum atomic E-state index is -3.78. The normalized spacial score (nSPS) is 24.3. The number of nitrogens with two attached hydrogens (primary N) is 1. The summed E-state index contributed by atoms with van der Waals surface area (Å²) in [5.41, 5.74) is 0. The van der Waals surface area contributed by atoms with E-state index in [4.69, 9.17) is 10.2 Å². The van der Waals surface area contributed by atoms with Crippen molar-refractivity contribution in [2.75, 3.05) is 6.54 Å². The molecular weight excluding hydrogens is 224 g/mol. The van der Waals surface area contributed by atoms with Gasteiger partial charge in [-0.3, -0.25) is 4.79 Å². The summed E-state index contributed by atoms with van der Waals surface area (Å²) < 4.78 is 21.9. The summed E-state index contributed by atoms with van der Waals surface area (Å²) in [7, 11) is -3.78. The quantitative estimate of drug-likeness (QED) is 0.608. The molecule has 1 heterocycles. The molecule has 1 rings (SSSR count). The zero-order valence-electron chi connectivity index (χ0n) is 8.08. The first kappa shape index (κ1) is 11.9. The highest BCUT2D eigenvalue weighted by Crippen LogP contribution is 2.18. The molecule has 0 bridgehead atoms. The second-order valence-corrected chi connectivity index (χ2v) is 5.32. The fraction of sp³-hybridized carbons (Fsp3) is 0.714. The molecule has 0 spiro atoms.